The minimum atomic E-state index is -4.95. The number of carboxylic acid groups (broad SMARTS) is 1. The van der Waals surface area contributed by atoms with E-state index in [0.29, 0.717) is 23.3 Å². The summed E-state index contributed by atoms with van der Waals surface area (Å²) in [5.74, 6) is -2.15. The lowest BCUT2D eigenvalue weighted by Gasteiger charge is -2.15. The maximum absolute atomic E-state index is 13.1. The van der Waals surface area contributed by atoms with Crippen LogP contribution in [0.2, 0.25) is 5.02 Å². The average molecular weight is 516 g/mol. The summed E-state index contributed by atoms with van der Waals surface area (Å²) >= 11 is 5.88. The Morgan fingerprint density at radius 2 is 1.49 bits per heavy atom. The summed E-state index contributed by atoms with van der Waals surface area (Å²) in [6.07, 6.45) is -10.1. The molecule has 0 aromatic heterocycles. The van der Waals surface area contributed by atoms with Crippen molar-refractivity contribution in [3.05, 3.63) is 98.6 Å². The van der Waals surface area contributed by atoms with E-state index in [0.717, 1.165) is 0 Å². The zero-order chi connectivity index (χ0) is 26.1. The van der Waals surface area contributed by atoms with Gasteiger partial charge in [-0.2, -0.15) is 26.3 Å². The Balaban J connectivity index is 1.88. The third-order valence-electron chi connectivity index (χ3n) is 5.07. The molecule has 0 saturated heterocycles. The minimum Gasteiger partial charge on any atom is -0.478 e. The molecule has 1 amide bonds. The van der Waals surface area contributed by atoms with Crippen molar-refractivity contribution in [2.24, 2.45) is 0 Å². The molecular formula is C24H16ClF6NO3. The number of anilines is 1. The van der Waals surface area contributed by atoms with Crippen molar-refractivity contribution in [2.75, 3.05) is 5.32 Å². The zero-order valence-corrected chi connectivity index (χ0v) is 18.6. The number of halogens is 7. The van der Waals surface area contributed by atoms with E-state index in [4.69, 9.17) is 11.6 Å². The van der Waals surface area contributed by atoms with Crippen LogP contribution in [0, 0.1) is 6.92 Å². The SMILES string of the molecule is Cc1cc(Cc2cc(C(F)(F)F)cc(C(F)(F)F)c2)ccc1NC(=O)c1cccc(Cl)c1C(=O)O. The van der Waals surface area contributed by atoms with Gasteiger partial charge in [0, 0.05) is 5.69 Å². The average Bonchev–Trinajstić information content (AvgIpc) is 2.73. The van der Waals surface area contributed by atoms with Gasteiger partial charge in [-0.05, 0) is 66.4 Å². The monoisotopic (exact) mass is 515 g/mol. The van der Waals surface area contributed by atoms with Crippen LogP contribution >= 0.6 is 11.6 Å². The van der Waals surface area contributed by atoms with E-state index in [9.17, 15) is 41.0 Å². The molecule has 3 aromatic carbocycles. The molecule has 0 saturated carbocycles. The molecule has 184 valence electrons. The van der Waals surface area contributed by atoms with Crippen LogP contribution in [0.1, 0.15) is 48.5 Å². The lowest BCUT2D eigenvalue weighted by Crippen LogP contribution is -2.17. The van der Waals surface area contributed by atoms with Crippen LogP contribution < -0.4 is 5.32 Å². The lowest BCUT2D eigenvalue weighted by molar-refractivity contribution is -0.143. The van der Waals surface area contributed by atoms with Gasteiger partial charge in [-0.15, -0.1) is 0 Å². The quantitative estimate of drug-likeness (QED) is 0.352. The highest BCUT2D eigenvalue weighted by Gasteiger charge is 2.36. The molecule has 4 nitrogen and oxygen atoms in total. The summed E-state index contributed by atoms with van der Waals surface area (Å²) in [5, 5.41) is 11.7. The first-order valence-corrected chi connectivity index (χ1v) is 10.3. The Bertz CT molecular complexity index is 1270. The predicted molar refractivity (Wildman–Crippen MR) is 117 cm³/mol. The predicted octanol–water partition coefficient (Wildman–Crippen LogP) is 7.23. The van der Waals surface area contributed by atoms with Crippen LogP contribution in [-0.2, 0) is 18.8 Å². The summed E-state index contributed by atoms with van der Waals surface area (Å²) in [6, 6.07) is 9.75. The van der Waals surface area contributed by atoms with Gasteiger partial charge in [0.25, 0.3) is 5.91 Å². The number of hydrogen-bond donors (Lipinski definition) is 2. The third kappa shape index (κ3) is 6.13. The number of carbonyl (C=O) groups excluding carboxylic acids is 1. The number of nitrogens with one attached hydrogen (secondary N) is 1. The van der Waals surface area contributed by atoms with E-state index in [1.54, 1.807) is 6.92 Å². The van der Waals surface area contributed by atoms with Crippen LogP contribution in [0.25, 0.3) is 0 Å². The smallest absolute Gasteiger partial charge is 0.416 e. The second kappa shape index (κ2) is 9.61. The Kier molecular flexibility index (Phi) is 7.16. The molecule has 0 aliphatic rings. The number of aromatic carboxylic acids is 1. The second-order valence-electron chi connectivity index (χ2n) is 7.66. The van der Waals surface area contributed by atoms with Gasteiger partial charge in [-0.25, -0.2) is 4.79 Å². The molecule has 0 bridgehead atoms. The molecule has 0 radical (unpaired) electrons. The van der Waals surface area contributed by atoms with Crippen molar-refractivity contribution in [1.82, 2.24) is 0 Å². The van der Waals surface area contributed by atoms with Crippen LogP contribution in [0.5, 0.6) is 0 Å². The van der Waals surface area contributed by atoms with E-state index in [1.807, 2.05) is 0 Å². The van der Waals surface area contributed by atoms with Gasteiger partial charge in [0.15, 0.2) is 0 Å². The van der Waals surface area contributed by atoms with Gasteiger partial charge in [-0.1, -0.05) is 29.8 Å². The van der Waals surface area contributed by atoms with Gasteiger partial charge in [0.05, 0.1) is 27.3 Å². The van der Waals surface area contributed by atoms with Crippen LogP contribution in [0.15, 0.2) is 54.6 Å². The number of benzene rings is 3. The summed E-state index contributed by atoms with van der Waals surface area (Å²) in [6.45, 7) is 1.57. The fourth-order valence-corrected chi connectivity index (χ4v) is 3.71. The number of aryl methyl sites for hydroxylation is 1. The first-order valence-electron chi connectivity index (χ1n) is 9.88. The van der Waals surface area contributed by atoms with Crippen molar-refractivity contribution in [2.45, 2.75) is 25.7 Å². The molecular weight excluding hydrogens is 500 g/mol. The molecule has 0 fully saturated rings. The van der Waals surface area contributed by atoms with E-state index in [-0.39, 0.29) is 39.9 Å². The minimum absolute atomic E-state index is 0.0641. The molecule has 0 atom stereocenters. The topological polar surface area (TPSA) is 66.4 Å². The number of hydrogen-bond acceptors (Lipinski definition) is 2. The van der Waals surface area contributed by atoms with E-state index < -0.39 is 35.4 Å². The molecule has 0 aliphatic carbocycles. The number of rotatable bonds is 5. The van der Waals surface area contributed by atoms with Gasteiger partial charge in [0.1, 0.15) is 0 Å². The first kappa shape index (κ1) is 26.1. The number of carbonyl (C=O) groups is 2. The number of alkyl halides is 6. The van der Waals surface area contributed by atoms with Crippen molar-refractivity contribution in [1.29, 1.82) is 0 Å². The van der Waals surface area contributed by atoms with Gasteiger partial charge < -0.3 is 10.4 Å². The number of amides is 1. The van der Waals surface area contributed by atoms with E-state index >= 15 is 0 Å². The molecule has 3 rings (SSSR count). The fourth-order valence-electron chi connectivity index (χ4n) is 3.45. The molecule has 0 unspecified atom stereocenters. The highest BCUT2D eigenvalue weighted by molar-refractivity contribution is 6.34. The Labute approximate surface area is 200 Å². The van der Waals surface area contributed by atoms with E-state index in [2.05, 4.69) is 5.32 Å². The van der Waals surface area contributed by atoms with E-state index in [1.165, 1.54) is 36.4 Å². The first-order chi connectivity index (χ1) is 16.2. The normalized spacial score (nSPS) is 11.9. The molecule has 35 heavy (non-hydrogen) atoms. The molecule has 2 N–H and O–H groups in total. The third-order valence-corrected chi connectivity index (χ3v) is 5.38. The molecule has 3 aromatic rings. The van der Waals surface area contributed by atoms with Crippen molar-refractivity contribution in [3.63, 3.8) is 0 Å². The summed E-state index contributed by atoms with van der Waals surface area (Å²) in [5.41, 5.74) is -2.43. The Morgan fingerprint density at radius 1 is 0.886 bits per heavy atom. The largest absolute Gasteiger partial charge is 0.478 e. The highest BCUT2D eigenvalue weighted by Crippen LogP contribution is 2.37. The van der Waals surface area contributed by atoms with Gasteiger partial charge in [-0.3, -0.25) is 4.79 Å². The van der Waals surface area contributed by atoms with Crippen molar-refractivity contribution < 1.29 is 41.0 Å². The van der Waals surface area contributed by atoms with Crippen molar-refractivity contribution >= 4 is 29.2 Å². The summed E-state index contributed by atoms with van der Waals surface area (Å²) in [7, 11) is 0. The number of carboxylic acids is 1. The summed E-state index contributed by atoms with van der Waals surface area (Å²) in [4.78, 5) is 24.1. The molecule has 11 heteroatoms. The maximum Gasteiger partial charge on any atom is 0.416 e. The van der Waals surface area contributed by atoms with Crippen LogP contribution in [0.3, 0.4) is 0 Å². The van der Waals surface area contributed by atoms with Crippen LogP contribution in [0.4, 0.5) is 32.0 Å². The van der Waals surface area contributed by atoms with Gasteiger partial charge >= 0.3 is 18.3 Å². The Morgan fingerprint density at radius 3 is 2.00 bits per heavy atom. The summed E-state index contributed by atoms with van der Waals surface area (Å²) < 4.78 is 78.6. The van der Waals surface area contributed by atoms with Crippen LogP contribution in [-0.4, -0.2) is 17.0 Å². The zero-order valence-electron chi connectivity index (χ0n) is 17.8. The second-order valence-corrected chi connectivity index (χ2v) is 8.07. The fraction of sp³-hybridized carbons (Fsp3) is 0.167. The standard InChI is InChI=1S/C24H16ClF6NO3/c1-12-7-13(8-14-9-15(23(26,27)28)11-16(10-14)24(29,30)31)5-6-19(12)32-21(33)17-3-2-4-18(25)20(17)22(34)35/h2-7,9-11H,8H2,1H3,(H,32,33)(H,34,35). The molecule has 0 spiro atoms. The lowest BCUT2D eigenvalue weighted by atomic mass is 9.98. The molecule has 0 aliphatic heterocycles. The molecule has 0 heterocycles. The Hall–Kier alpha value is -3.53. The van der Waals surface area contributed by atoms with Crippen molar-refractivity contribution in [3.8, 4) is 0 Å². The van der Waals surface area contributed by atoms with Gasteiger partial charge in [0.2, 0.25) is 0 Å². The highest BCUT2D eigenvalue weighted by atomic mass is 35.5. The maximum atomic E-state index is 13.1.